The van der Waals surface area contributed by atoms with Gasteiger partial charge in [0.15, 0.2) is 0 Å². The number of anilines is 1. The highest BCUT2D eigenvalue weighted by Gasteiger charge is 2.25. The molecule has 1 amide bonds. The predicted molar refractivity (Wildman–Crippen MR) is 79.0 cm³/mol. The molecule has 1 aliphatic carbocycles. The topological polar surface area (TPSA) is 55.1 Å². The normalized spacial score (nSPS) is 23.1. The molecule has 19 heavy (non-hydrogen) atoms. The zero-order chi connectivity index (χ0) is 13.7. The second-order valence-electron chi connectivity index (χ2n) is 5.56. The molecule has 1 aromatic rings. The lowest BCUT2D eigenvalue weighted by molar-refractivity contribution is -0.120. The molecule has 0 bridgehead atoms. The summed E-state index contributed by atoms with van der Waals surface area (Å²) in [7, 11) is 0. The minimum Gasteiger partial charge on any atom is -0.328 e. The lowest BCUT2D eigenvalue weighted by atomic mass is 9.85. The van der Waals surface area contributed by atoms with E-state index in [2.05, 4.69) is 24.4 Å². The van der Waals surface area contributed by atoms with Crippen LogP contribution in [-0.2, 0) is 11.2 Å². The molecule has 0 aliphatic heterocycles. The Morgan fingerprint density at radius 3 is 2.68 bits per heavy atom. The van der Waals surface area contributed by atoms with Crippen molar-refractivity contribution >= 4 is 11.6 Å². The van der Waals surface area contributed by atoms with Crippen LogP contribution in [0, 0.1) is 5.92 Å². The Labute approximate surface area is 115 Å². The Kier molecular flexibility index (Phi) is 4.97. The minimum atomic E-state index is 0.0825. The monoisotopic (exact) mass is 260 g/mol. The second-order valence-corrected chi connectivity index (χ2v) is 5.56. The fourth-order valence-corrected chi connectivity index (χ4v) is 2.75. The highest BCUT2D eigenvalue weighted by molar-refractivity contribution is 5.92. The van der Waals surface area contributed by atoms with E-state index in [-0.39, 0.29) is 17.9 Å². The summed E-state index contributed by atoms with van der Waals surface area (Å²) in [5.74, 6) is 0.206. The van der Waals surface area contributed by atoms with Crippen molar-refractivity contribution < 1.29 is 4.79 Å². The molecule has 0 aromatic heterocycles. The van der Waals surface area contributed by atoms with E-state index in [1.54, 1.807) is 0 Å². The van der Waals surface area contributed by atoms with Gasteiger partial charge in [-0.3, -0.25) is 4.79 Å². The number of benzene rings is 1. The summed E-state index contributed by atoms with van der Waals surface area (Å²) in [5, 5.41) is 3.01. The van der Waals surface area contributed by atoms with Crippen LogP contribution in [0.15, 0.2) is 24.3 Å². The maximum Gasteiger partial charge on any atom is 0.227 e. The van der Waals surface area contributed by atoms with Crippen LogP contribution >= 0.6 is 0 Å². The molecular formula is C16H24N2O. The Balaban J connectivity index is 1.90. The van der Waals surface area contributed by atoms with Crippen LogP contribution in [0.5, 0.6) is 0 Å². The van der Waals surface area contributed by atoms with Crippen molar-refractivity contribution in [2.24, 2.45) is 11.7 Å². The molecule has 0 radical (unpaired) electrons. The Hall–Kier alpha value is -1.35. The van der Waals surface area contributed by atoms with Crippen molar-refractivity contribution in [2.45, 2.75) is 51.5 Å². The fourth-order valence-electron chi connectivity index (χ4n) is 2.75. The zero-order valence-corrected chi connectivity index (χ0v) is 11.7. The first kappa shape index (κ1) is 14.1. The molecule has 1 fully saturated rings. The summed E-state index contributed by atoms with van der Waals surface area (Å²) in [4.78, 5) is 12.2. The van der Waals surface area contributed by atoms with Gasteiger partial charge in [-0.2, -0.15) is 0 Å². The SMILES string of the molecule is CCCc1ccc(NC(=O)C2CCCC(N)C2)cc1. The third-order valence-electron chi connectivity index (χ3n) is 3.85. The third kappa shape index (κ3) is 4.06. The maximum atomic E-state index is 12.2. The van der Waals surface area contributed by atoms with Crippen LogP contribution in [0.1, 0.15) is 44.6 Å². The van der Waals surface area contributed by atoms with Crippen LogP contribution in [-0.4, -0.2) is 11.9 Å². The van der Waals surface area contributed by atoms with E-state index in [1.807, 2.05) is 12.1 Å². The first-order valence-corrected chi connectivity index (χ1v) is 7.34. The second kappa shape index (κ2) is 6.71. The van der Waals surface area contributed by atoms with Gasteiger partial charge in [-0.05, 0) is 43.4 Å². The molecule has 1 aromatic carbocycles. The number of amides is 1. The van der Waals surface area contributed by atoms with Crippen molar-refractivity contribution in [2.75, 3.05) is 5.32 Å². The summed E-state index contributed by atoms with van der Waals surface area (Å²) < 4.78 is 0. The van der Waals surface area contributed by atoms with Crippen LogP contribution < -0.4 is 11.1 Å². The largest absolute Gasteiger partial charge is 0.328 e. The van der Waals surface area contributed by atoms with Crippen LogP contribution in [0.3, 0.4) is 0 Å². The van der Waals surface area contributed by atoms with E-state index < -0.39 is 0 Å². The van der Waals surface area contributed by atoms with Gasteiger partial charge in [-0.1, -0.05) is 31.9 Å². The summed E-state index contributed by atoms with van der Waals surface area (Å²) >= 11 is 0. The quantitative estimate of drug-likeness (QED) is 0.874. The zero-order valence-electron chi connectivity index (χ0n) is 11.7. The van der Waals surface area contributed by atoms with Crippen molar-refractivity contribution in [1.82, 2.24) is 0 Å². The molecule has 1 saturated carbocycles. The van der Waals surface area contributed by atoms with E-state index in [4.69, 9.17) is 5.73 Å². The number of aryl methyl sites for hydroxylation is 1. The van der Waals surface area contributed by atoms with Gasteiger partial charge in [0, 0.05) is 17.6 Å². The molecule has 2 unspecified atom stereocenters. The van der Waals surface area contributed by atoms with E-state index in [9.17, 15) is 4.79 Å². The number of carbonyl (C=O) groups excluding carboxylic acids is 1. The molecule has 3 heteroatoms. The lowest BCUT2D eigenvalue weighted by Gasteiger charge is -2.25. The molecule has 3 N–H and O–H groups in total. The molecule has 104 valence electrons. The highest BCUT2D eigenvalue weighted by atomic mass is 16.1. The maximum absolute atomic E-state index is 12.2. The standard InChI is InChI=1S/C16H24N2O/c1-2-4-12-7-9-15(10-8-12)18-16(19)13-5-3-6-14(17)11-13/h7-10,13-14H,2-6,11,17H2,1H3,(H,18,19). The van der Waals surface area contributed by atoms with E-state index >= 15 is 0 Å². The van der Waals surface area contributed by atoms with Crippen molar-refractivity contribution in [3.05, 3.63) is 29.8 Å². The molecule has 1 aliphatic rings. The number of nitrogens with one attached hydrogen (secondary N) is 1. The molecule has 2 atom stereocenters. The summed E-state index contributed by atoms with van der Waals surface area (Å²) in [6, 6.07) is 8.35. The number of hydrogen-bond donors (Lipinski definition) is 2. The number of hydrogen-bond acceptors (Lipinski definition) is 2. The van der Waals surface area contributed by atoms with Gasteiger partial charge < -0.3 is 11.1 Å². The molecule has 2 rings (SSSR count). The summed E-state index contributed by atoms with van der Waals surface area (Å²) in [6.45, 7) is 2.17. The fraction of sp³-hybridized carbons (Fsp3) is 0.562. The highest BCUT2D eigenvalue weighted by Crippen LogP contribution is 2.24. The third-order valence-corrected chi connectivity index (χ3v) is 3.85. The van der Waals surface area contributed by atoms with Crippen molar-refractivity contribution in [3.63, 3.8) is 0 Å². The Morgan fingerprint density at radius 2 is 2.05 bits per heavy atom. The Morgan fingerprint density at radius 1 is 1.32 bits per heavy atom. The van der Waals surface area contributed by atoms with Crippen LogP contribution in [0.2, 0.25) is 0 Å². The molecular weight excluding hydrogens is 236 g/mol. The predicted octanol–water partition coefficient (Wildman–Crippen LogP) is 3.10. The summed E-state index contributed by atoms with van der Waals surface area (Å²) in [5.41, 5.74) is 8.14. The van der Waals surface area contributed by atoms with Crippen LogP contribution in [0.4, 0.5) is 5.69 Å². The molecule has 0 saturated heterocycles. The van der Waals surface area contributed by atoms with E-state index in [0.717, 1.165) is 44.2 Å². The first-order chi connectivity index (χ1) is 9.19. The van der Waals surface area contributed by atoms with E-state index in [1.165, 1.54) is 5.56 Å². The van der Waals surface area contributed by atoms with Gasteiger partial charge in [0.1, 0.15) is 0 Å². The smallest absolute Gasteiger partial charge is 0.227 e. The molecule has 3 nitrogen and oxygen atoms in total. The molecule has 0 heterocycles. The Bertz CT molecular complexity index is 413. The van der Waals surface area contributed by atoms with Crippen molar-refractivity contribution in [3.8, 4) is 0 Å². The van der Waals surface area contributed by atoms with E-state index in [0.29, 0.717) is 0 Å². The summed E-state index contributed by atoms with van der Waals surface area (Å²) in [6.07, 6.45) is 6.13. The number of nitrogens with two attached hydrogens (primary N) is 1. The minimum absolute atomic E-state index is 0.0825. The van der Waals surface area contributed by atoms with Gasteiger partial charge >= 0.3 is 0 Å². The lowest BCUT2D eigenvalue weighted by Crippen LogP contribution is -2.34. The van der Waals surface area contributed by atoms with Crippen molar-refractivity contribution in [1.29, 1.82) is 0 Å². The van der Waals surface area contributed by atoms with Gasteiger partial charge in [0.2, 0.25) is 5.91 Å². The van der Waals surface area contributed by atoms with Crippen LogP contribution in [0.25, 0.3) is 0 Å². The number of carbonyl (C=O) groups is 1. The van der Waals surface area contributed by atoms with Gasteiger partial charge in [0.25, 0.3) is 0 Å². The number of rotatable bonds is 4. The average molecular weight is 260 g/mol. The van der Waals surface area contributed by atoms with Gasteiger partial charge in [-0.15, -0.1) is 0 Å². The van der Waals surface area contributed by atoms with Gasteiger partial charge in [-0.25, -0.2) is 0 Å². The first-order valence-electron chi connectivity index (χ1n) is 7.34. The van der Waals surface area contributed by atoms with Gasteiger partial charge in [0.05, 0.1) is 0 Å². The molecule has 0 spiro atoms. The average Bonchev–Trinajstić information content (AvgIpc) is 2.41.